The molecule has 4 rings (SSSR count). The molecule has 0 spiro atoms. The highest BCUT2D eigenvalue weighted by Crippen LogP contribution is 2.25. The topological polar surface area (TPSA) is 91.8 Å². The van der Waals surface area contributed by atoms with Crippen LogP contribution < -0.4 is 5.56 Å². The number of pyridine rings is 1. The van der Waals surface area contributed by atoms with Crippen LogP contribution in [0.2, 0.25) is 5.02 Å². The predicted octanol–water partition coefficient (Wildman–Crippen LogP) is 4.73. The molecule has 1 aromatic carbocycles. The summed E-state index contributed by atoms with van der Waals surface area (Å²) in [4.78, 5) is 21.9. The first kappa shape index (κ1) is 18.9. The quantitative estimate of drug-likeness (QED) is 0.483. The number of aromatic nitrogens is 3. The van der Waals surface area contributed by atoms with E-state index in [4.69, 9.17) is 11.6 Å². The average molecular weight is 421 g/mol. The first-order valence-electron chi connectivity index (χ1n) is 8.53. The lowest BCUT2D eigenvalue weighted by atomic mass is 10.1. The molecule has 3 aromatic heterocycles. The maximum atomic E-state index is 13.2. The number of fused-ring (bicyclic) bond motifs is 1. The van der Waals surface area contributed by atoms with Crippen LogP contribution >= 0.6 is 22.9 Å². The molecule has 0 fully saturated rings. The zero-order valence-electron chi connectivity index (χ0n) is 15.1. The zero-order chi connectivity index (χ0) is 20.5. The van der Waals surface area contributed by atoms with Crippen molar-refractivity contribution in [2.75, 3.05) is 0 Å². The Kier molecular flexibility index (Phi) is 4.89. The number of aliphatic hydroxyl groups is 1. The molecule has 8 heteroatoms. The normalized spacial score (nSPS) is 11.6. The van der Waals surface area contributed by atoms with Crippen molar-refractivity contribution >= 4 is 45.0 Å². The second-order valence-electron chi connectivity index (χ2n) is 6.19. The van der Waals surface area contributed by atoms with Gasteiger partial charge in [0.1, 0.15) is 28.0 Å². The van der Waals surface area contributed by atoms with E-state index >= 15 is 0 Å². The fourth-order valence-electron chi connectivity index (χ4n) is 2.93. The van der Waals surface area contributed by atoms with E-state index in [-0.39, 0.29) is 28.4 Å². The lowest BCUT2D eigenvalue weighted by Crippen LogP contribution is -2.22. The SMILES string of the molecule is Cc1ccc(C#N)c(/C(O)=C/c2nc3ccsc3c(=O)n2-c2ccccc2Cl)n1. The van der Waals surface area contributed by atoms with Gasteiger partial charge in [-0.3, -0.25) is 9.36 Å². The highest BCUT2D eigenvalue weighted by atomic mass is 35.5. The number of aryl methyl sites for hydroxylation is 1. The van der Waals surface area contributed by atoms with Crippen molar-refractivity contribution in [2.45, 2.75) is 6.92 Å². The fraction of sp³-hybridized carbons (Fsp3) is 0.0476. The molecule has 3 heterocycles. The van der Waals surface area contributed by atoms with Gasteiger partial charge in [0.25, 0.3) is 5.56 Å². The number of nitriles is 1. The summed E-state index contributed by atoms with van der Waals surface area (Å²) < 4.78 is 1.83. The zero-order valence-corrected chi connectivity index (χ0v) is 16.7. The smallest absolute Gasteiger partial charge is 0.276 e. The van der Waals surface area contributed by atoms with Crippen molar-refractivity contribution in [1.29, 1.82) is 5.26 Å². The Morgan fingerprint density at radius 2 is 2.03 bits per heavy atom. The molecule has 142 valence electrons. The molecule has 6 nitrogen and oxygen atoms in total. The molecule has 29 heavy (non-hydrogen) atoms. The van der Waals surface area contributed by atoms with Gasteiger partial charge in [0.2, 0.25) is 0 Å². The van der Waals surface area contributed by atoms with Crippen molar-refractivity contribution in [3.8, 4) is 11.8 Å². The summed E-state index contributed by atoms with van der Waals surface area (Å²) in [7, 11) is 0. The Hall–Kier alpha value is -3.47. The number of halogens is 1. The van der Waals surface area contributed by atoms with Crippen LogP contribution in [-0.2, 0) is 0 Å². The van der Waals surface area contributed by atoms with Gasteiger partial charge in [-0.15, -0.1) is 11.3 Å². The van der Waals surface area contributed by atoms with E-state index < -0.39 is 0 Å². The first-order valence-corrected chi connectivity index (χ1v) is 9.79. The lowest BCUT2D eigenvalue weighted by molar-refractivity contribution is 0.511. The van der Waals surface area contributed by atoms with E-state index in [1.165, 1.54) is 22.0 Å². The minimum atomic E-state index is -0.296. The van der Waals surface area contributed by atoms with E-state index in [0.717, 1.165) is 0 Å². The van der Waals surface area contributed by atoms with Crippen LogP contribution in [0.4, 0.5) is 0 Å². The predicted molar refractivity (Wildman–Crippen MR) is 114 cm³/mol. The van der Waals surface area contributed by atoms with Crippen molar-refractivity contribution in [2.24, 2.45) is 0 Å². The van der Waals surface area contributed by atoms with Gasteiger partial charge in [-0.05, 0) is 42.6 Å². The summed E-state index contributed by atoms with van der Waals surface area (Å²) in [5.41, 5.74) is 1.64. The molecule has 0 aliphatic rings. The molecule has 4 aromatic rings. The number of nitrogens with zero attached hydrogens (tertiary/aromatic N) is 4. The van der Waals surface area contributed by atoms with E-state index in [1.807, 2.05) is 6.07 Å². The Labute approximate surface area is 174 Å². The van der Waals surface area contributed by atoms with Crippen LogP contribution in [0.15, 0.2) is 52.6 Å². The maximum Gasteiger partial charge on any atom is 0.276 e. The van der Waals surface area contributed by atoms with Gasteiger partial charge in [-0.25, -0.2) is 9.97 Å². The third kappa shape index (κ3) is 3.40. The van der Waals surface area contributed by atoms with Gasteiger partial charge in [0, 0.05) is 11.8 Å². The van der Waals surface area contributed by atoms with Crippen LogP contribution in [0.25, 0.3) is 27.7 Å². The number of hydrogen-bond acceptors (Lipinski definition) is 6. The van der Waals surface area contributed by atoms with Gasteiger partial charge in [-0.1, -0.05) is 23.7 Å². The highest BCUT2D eigenvalue weighted by Gasteiger charge is 2.17. The minimum absolute atomic E-state index is 0.123. The Morgan fingerprint density at radius 3 is 2.79 bits per heavy atom. The van der Waals surface area contributed by atoms with E-state index in [9.17, 15) is 15.2 Å². The molecular weight excluding hydrogens is 408 g/mol. The van der Waals surface area contributed by atoms with Crippen LogP contribution in [0.3, 0.4) is 0 Å². The second-order valence-corrected chi connectivity index (χ2v) is 7.51. The molecule has 0 saturated heterocycles. The summed E-state index contributed by atoms with van der Waals surface area (Å²) in [6.07, 6.45) is 1.32. The van der Waals surface area contributed by atoms with Crippen molar-refractivity contribution in [3.63, 3.8) is 0 Å². The van der Waals surface area contributed by atoms with Gasteiger partial charge in [0.05, 0.1) is 21.8 Å². The standard InChI is InChI=1S/C21H13ClN4O2S/c1-12-6-7-13(11-23)19(24-12)17(27)10-18-25-15-8-9-29-20(15)21(28)26(18)16-5-3-2-4-14(16)22/h2-10,27H,1H3/b17-10-. The maximum absolute atomic E-state index is 13.2. The van der Waals surface area contributed by atoms with Crippen LogP contribution in [0.1, 0.15) is 22.8 Å². The van der Waals surface area contributed by atoms with E-state index in [2.05, 4.69) is 9.97 Å². The Bertz CT molecular complexity index is 1380. The van der Waals surface area contributed by atoms with Gasteiger partial charge in [0.15, 0.2) is 0 Å². The molecule has 0 unspecified atom stereocenters. The van der Waals surface area contributed by atoms with Crippen LogP contribution in [-0.4, -0.2) is 19.6 Å². The summed E-state index contributed by atoms with van der Waals surface area (Å²) in [5.74, 6) is -0.0915. The number of benzene rings is 1. The number of aliphatic hydroxyl groups excluding tert-OH is 1. The molecule has 0 bridgehead atoms. The molecule has 0 atom stereocenters. The number of thiophene rings is 1. The van der Waals surface area contributed by atoms with Gasteiger partial charge >= 0.3 is 0 Å². The van der Waals surface area contributed by atoms with Crippen molar-refractivity contribution in [3.05, 3.63) is 86.0 Å². The van der Waals surface area contributed by atoms with Crippen molar-refractivity contribution in [1.82, 2.24) is 14.5 Å². The first-order chi connectivity index (χ1) is 14.0. The van der Waals surface area contributed by atoms with Gasteiger partial charge < -0.3 is 5.11 Å². The second kappa shape index (κ2) is 7.51. The van der Waals surface area contributed by atoms with Crippen LogP contribution in [0.5, 0.6) is 0 Å². The molecule has 0 aliphatic carbocycles. The summed E-state index contributed by atoms with van der Waals surface area (Å²) >= 11 is 7.61. The minimum Gasteiger partial charge on any atom is -0.505 e. The Balaban J connectivity index is 2.02. The Morgan fingerprint density at radius 1 is 1.24 bits per heavy atom. The molecular formula is C21H13ClN4O2S. The van der Waals surface area contributed by atoms with E-state index in [0.29, 0.717) is 26.6 Å². The molecule has 0 radical (unpaired) electrons. The molecule has 0 saturated carbocycles. The summed E-state index contributed by atoms with van der Waals surface area (Å²) in [6, 6.07) is 13.9. The van der Waals surface area contributed by atoms with Crippen molar-refractivity contribution < 1.29 is 5.11 Å². The lowest BCUT2D eigenvalue weighted by Gasteiger charge is -2.12. The fourth-order valence-corrected chi connectivity index (χ4v) is 3.90. The third-order valence-corrected chi connectivity index (χ3v) is 5.47. The number of hydrogen-bond donors (Lipinski definition) is 1. The van der Waals surface area contributed by atoms with Gasteiger partial charge in [-0.2, -0.15) is 5.26 Å². The molecule has 0 aliphatic heterocycles. The molecule has 0 amide bonds. The third-order valence-electron chi connectivity index (χ3n) is 4.26. The molecule has 1 N–H and O–H groups in total. The average Bonchev–Trinajstić information content (AvgIpc) is 3.18. The van der Waals surface area contributed by atoms with E-state index in [1.54, 1.807) is 54.8 Å². The number of rotatable bonds is 3. The highest BCUT2D eigenvalue weighted by molar-refractivity contribution is 7.17. The monoisotopic (exact) mass is 420 g/mol. The largest absolute Gasteiger partial charge is 0.505 e. The summed E-state index contributed by atoms with van der Waals surface area (Å²) in [6.45, 7) is 1.76. The summed E-state index contributed by atoms with van der Waals surface area (Å²) in [5, 5.41) is 22.2. The number of para-hydroxylation sites is 1. The van der Waals surface area contributed by atoms with Crippen LogP contribution in [0, 0.1) is 18.3 Å².